The number of nitrogens with two attached hydrogens (primary N) is 1. The number of pyridine rings is 1. The van der Waals surface area contributed by atoms with Gasteiger partial charge in [0.05, 0.1) is 7.11 Å². The van der Waals surface area contributed by atoms with Crippen LogP contribution in [0.5, 0.6) is 5.88 Å². The Bertz CT molecular complexity index is 420. The molecular weight excluding hydrogens is 224 g/mol. The maximum Gasteiger partial charge on any atom is 0.256 e. The Morgan fingerprint density at radius 2 is 2.47 bits per heavy atom. The summed E-state index contributed by atoms with van der Waals surface area (Å²) >= 11 is 0. The van der Waals surface area contributed by atoms with Crippen LogP contribution in [0.1, 0.15) is 16.8 Å². The largest absolute Gasteiger partial charge is 0.480 e. The van der Waals surface area contributed by atoms with Crippen molar-refractivity contribution in [1.29, 1.82) is 0 Å². The van der Waals surface area contributed by atoms with Crippen LogP contribution in [0.25, 0.3) is 0 Å². The van der Waals surface area contributed by atoms with Crippen molar-refractivity contribution >= 4 is 11.7 Å². The number of amides is 1. The summed E-state index contributed by atoms with van der Waals surface area (Å²) in [5.74, 6) is -0.00191. The molecule has 0 aromatic carbocycles. The maximum absolute atomic E-state index is 11.7. The van der Waals surface area contributed by atoms with Crippen molar-refractivity contribution < 1.29 is 14.7 Å². The second kappa shape index (κ2) is 6.31. The van der Waals surface area contributed by atoms with Gasteiger partial charge in [-0.15, -0.1) is 0 Å². The Balaban J connectivity index is 2.58. The number of hydrogen-bond donors (Lipinski definition) is 3. The molecular formula is C10H14N4O3. The predicted molar refractivity (Wildman–Crippen MR) is 61.1 cm³/mol. The number of amidine groups is 1. The topological polar surface area (TPSA) is 110 Å². The maximum atomic E-state index is 11.7. The van der Waals surface area contributed by atoms with Crippen molar-refractivity contribution in [2.24, 2.45) is 10.9 Å². The normalized spacial score (nSPS) is 11.0. The van der Waals surface area contributed by atoms with E-state index >= 15 is 0 Å². The molecule has 1 rings (SSSR count). The molecule has 92 valence electrons. The van der Waals surface area contributed by atoms with Crippen LogP contribution in [-0.2, 0) is 0 Å². The summed E-state index contributed by atoms with van der Waals surface area (Å²) in [5, 5.41) is 13.7. The van der Waals surface area contributed by atoms with E-state index < -0.39 is 0 Å². The molecule has 1 aromatic rings. The summed E-state index contributed by atoms with van der Waals surface area (Å²) in [6.07, 6.45) is 1.80. The zero-order chi connectivity index (χ0) is 12.7. The molecule has 17 heavy (non-hydrogen) atoms. The molecule has 0 unspecified atom stereocenters. The SMILES string of the molecule is COc1ncccc1C(=O)NCCC(N)=NO. The first-order chi connectivity index (χ1) is 8.19. The molecule has 0 aliphatic heterocycles. The Labute approximate surface area is 98.3 Å². The summed E-state index contributed by atoms with van der Waals surface area (Å²) < 4.78 is 4.95. The van der Waals surface area contributed by atoms with Crippen LogP contribution in [0.3, 0.4) is 0 Å². The van der Waals surface area contributed by atoms with E-state index in [1.807, 2.05) is 0 Å². The summed E-state index contributed by atoms with van der Waals surface area (Å²) in [6, 6.07) is 3.24. The van der Waals surface area contributed by atoms with Gasteiger partial charge in [-0.05, 0) is 12.1 Å². The average Bonchev–Trinajstić information content (AvgIpc) is 2.38. The molecule has 1 heterocycles. The first-order valence-electron chi connectivity index (χ1n) is 4.92. The Morgan fingerprint density at radius 3 is 3.12 bits per heavy atom. The van der Waals surface area contributed by atoms with Gasteiger partial charge in [-0.25, -0.2) is 4.98 Å². The van der Waals surface area contributed by atoms with Crippen LogP contribution >= 0.6 is 0 Å². The minimum absolute atomic E-state index is 0.0588. The fourth-order valence-electron chi connectivity index (χ4n) is 1.18. The molecule has 1 aromatic heterocycles. The lowest BCUT2D eigenvalue weighted by molar-refractivity contribution is 0.0951. The standard InChI is InChI=1S/C10H14N4O3/c1-17-10-7(3-2-5-13-10)9(15)12-6-4-8(11)14-16/h2-3,5,16H,4,6H2,1H3,(H2,11,14)(H,12,15). The molecule has 7 heteroatoms. The second-order valence-electron chi connectivity index (χ2n) is 3.16. The van der Waals surface area contributed by atoms with Gasteiger partial charge >= 0.3 is 0 Å². The zero-order valence-electron chi connectivity index (χ0n) is 9.38. The van der Waals surface area contributed by atoms with Gasteiger partial charge < -0.3 is 21.0 Å². The van der Waals surface area contributed by atoms with E-state index in [9.17, 15) is 4.79 Å². The van der Waals surface area contributed by atoms with Crippen LogP contribution < -0.4 is 15.8 Å². The number of ether oxygens (including phenoxy) is 1. The molecule has 0 bridgehead atoms. The highest BCUT2D eigenvalue weighted by molar-refractivity contribution is 5.96. The van der Waals surface area contributed by atoms with Gasteiger partial charge in [-0.3, -0.25) is 4.79 Å². The van der Waals surface area contributed by atoms with Gasteiger partial charge in [0.25, 0.3) is 5.91 Å². The van der Waals surface area contributed by atoms with E-state index in [2.05, 4.69) is 15.5 Å². The number of rotatable bonds is 5. The van der Waals surface area contributed by atoms with Gasteiger partial charge in [0.15, 0.2) is 0 Å². The molecule has 0 aliphatic carbocycles. The number of carbonyl (C=O) groups excluding carboxylic acids is 1. The molecule has 1 amide bonds. The van der Waals surface area contributed by atoms with Crippen molar-refractivity contribution in [2.75, 3.05) is 13.7 Å². The summed E-state index contributed by atoms with van der Waals surface area (Å²) in [4.78, 5) is 15.6. The number of oxime groups is 1. The van der Waals surface area contributed by atoms with Crippen LogP contribution in [0.4, 0.5) is 0 Å². The Kier molecular flexibility index (Phi) is 4.74. The lowest BCUT2D eigenvalue weighted by atomic mass is 10.2. The van der Waals surface area contributed by atoms with E-state index in [1.54, 1.807) is 12.1 Å². The number of nitrogens with one attached hydrogen (secondary N) is 1. The van der Waals surface area contributed by atoms with Gasteiger partial charge in [-0.2, -0.15) is 0 Å². The van der Waals surface area contributed by atoms with Gasteiger partial charge in [0.1, 0.15) is 11.4 Å². The first-order valence-corrected chi connectivity index (χ1v) is 4.92. The van der Waals surface area contributed by atoms with Crippen molar-refractivity contribution in [3.05, 3.63) is 23.9 Å². The van der Waals surface area contributed by atoms with Gasteiger partial charge in [-0.1, -0.05) is 5.16 Å². The Morgan fingerprint density at radius 1 is 1.71 bits per heavy atom. The average molecular weight is 238 g/mol. The minimum atomic E-state index is -0.319. The van der Waals surface area contributed by atoms with Gasteiger partial charge in [0.2, 0.25) is 5.88 Å². The molecule has 0 atom stereocenters. The Hall–Kier alpha value is -2.31. The zero-order valence-corrected chi connectivity index (χ0v) is 9.38. The first kappa shape index (κ1) is 12.8. The summed E-state index contributed by atoms with van der Waals surface area (Å²) in [5.41, 5.74) is 5.61. The summed E-state index contributed by atoms with van der Waals surface area (Å²) in [6.45, 7) is 0.271. The van der Waals surface area contributed by atoms with Crippen molar-refractivity contribution in [3.63, 3.8) is 0 Å². The fourth-order valence-corrected chi connectivity index (χ4v) is 1.18. The fraction of sp³-hybridized carbons (Fsp3) is 0.300. The highest BCUT2D eigenvalue weighted by Gasteiger charge is 2.11. The monoisotopic (exact) mass is 238 g/mol. The van der Waals surface area contributed by atoms with Crippen LogP contribution in [0, 0.1) is 0 Å². The number of aromatic nitrogens is 1. The van der Waals surface area contributed by atoms with Crippen LogP contribution in [0.2, 0.25) is 0 Å². The summed E-state index contributed by atoms with van der Waals surface area (Å²) in [7, 11) is 1.44. The quantitative estimate of drug-likeness (QED) is 0.288. The lowest BCUT2D eigenvalue weighted by Crippen LogP contribution is -2.28. The third kappa shape index (κ3) is 3.63. The van der Waals surface area contributed by atoms with Crippen LogP contribution in [-0.4, -0.2) is 35.6 Å². The molecule has 4 N–H and O–H groups in total. The van der Waals surface area contributed by atoms with E-state index in [-0.39, 0.29) is 30.6 Å². The van der Waals surface area contributed by atoms with Gasteiger partial charge in [0, 0.05) is 19.2 Å². The van der Waals surface area contributed by atoms with Crippen molar-refractivity contribution in [2.45, 2.75) is 6.42 Å². The third-order valence-corrected chi connectivity index (χ3v) is 2.00. The third-order valence-electron chi connectivity index (χ3n) is 2.00. The van der Waals surface area contributed by atoms with E-state index in [1.165, 1.54) is 13.3 Å². The number of methoxy groups -OCH3 is 1. The number of carbonyl (C=O) groups is 1. The number of nitrogens with zero attached hydrogens (tertiary/aromatic N) is 2. The molecule has 7 nitrogen and oxygen atoms in total. The molecule has 0 radical (unpaired) electrons. The smallest absolute Gasteiger partial charge is 0.256 e. The van der Waals surface area contributed by atoms with E-state index in [0.717, 1.165) is 0 Å². The minimum Gasteiger partial charge on any atom is -0.480 e. The molecule has 0 spiro atoms. The van der Waals surface area contributed by atoms with Crippen molar-refractivity contribution in [3.8, 4) is 5.88 Å². The molecule has 0 aliphatic rings. The van der Waals surface area contributed by atoms with E-state index in [0.29, 0.717) is 5.56 Å². The predicted octanol–water partition coefficient (Wildman–Crippen LogP) is -0.0435. The van der Waals surface area contributed by atoms with Crippen molar-refractivity contribution in [1.82, 2.24) is 10.3 Å². The molecule has 0 saturated carbocycles. The number of hydrogen-bond acceptors (Lipinski definition) is 5. The highest BCUT2D eigenvalue weighted by atomic mass is 16.5. The lowest BCUT2D eigenvalue weighted by Gasteiger charge is -2.07. The highest BCUT2D eigenvalue weighted by Crippen LogP contribution is 2.12. The molecule has 0 fully saturated rings. The second-order valence-corrected chi connectivity index (χ2v) is 3.16. The molecule has 0 saturated heterocycles. The van der Waals surface area contributed by atoms with E-state index in [4.69, 9.17) is 15.7 Å². The van der Waals surface area contributed by atoms with Crippen LogP contribution in [0.15, 0.2) is 23.5 Å².